The molecule has 3 rings (SSSR count). The lowest BCUT2D eigenvalue weighted by Gasteiger charge is -2.33. The molecule has 0 unspecified atom stereocenters. The minimum Gasteiger partial charge on any atom is -0.493 e. The van der Waals surface area contributed by atoms with E-state index in [2.05, 4.69) is 52.2 Å². The van der Waals surface area contributed by atoms with Gasteiger partial charge in [-0.15, -0.1) is 24.0 Å². The van der Waals surface area contributed by atoms with Crippen LogP contribution in [0.5, 0.6) is 5.75 Å². The number of hydrogen-bond donors (Lipinski definition) is 2. The van der Waals surface area contributed by atoms with Crippen LogP contribution >= 0.6 is 24.0 Å². The quantitative estimate of drug-likeness (QED) is 0.248. The largest absolute Gasteiger partial charge is 0.493 e. The molecular formula is C22H35IN4O. The Labute approximate surface area is 187 Å². The van der Waals surface area contributed by atoms with Gasteiger partial charge in [-0.05, 0) is 44.6 Å². The number of halogens is 1. The van der Waals surface area contributed by atoms with Crippen molar-refractivity contribution in [2.24, 2.45) is 10.9 Å². The van der Waals surface area contributed by atoms with Crippen molar-refractivity contribution in [1.29, 1.82) is 0 Å². The highest BCUT2D eigenvalue weighted by molar-refractivity contribution is 14.0. The number of piperidine rings is 1. The van der Waals surface area contributed by atoms with Crippen molar-refractivity contribution in [3.05, 3.63) is 42.0 Å². The molecule has 2 fully saturated rings. The molecule has 1 aliphatic heterocycles. The highest BCUT2D eigenvalue weighted by Crippen LogP contribution is 2.30. The summed E-state index contributed by atoms with van der Waals surface area (Å²) in [5.41, 5.74) is 2.42. The highest BCUT2D eigenvalue weighted by atomic mass is 127. The number of hydrogen-bond acceptors (Lipinski definition) is 3. The third-order valence-electron chi connectivity index (χ3n) is 5.24. The average molecular weight is 498 g/mol. The Bertz CT molecular complexity index is 652. The predicted molar refractivity (Wildman–Crippen MR) is 128 cm³/mol. The first-order valence-corrected chi connectivity index (χ1v) is 10.2. The lowest BCUT2D eigenvalue weighted by atomic mass is 10.0. The molecule has 5 nitrogen and oxygen atoms in total. The number of ether oxygens (including phenoxy) is 1. The van der Waals surface area contributed by atoms with Crippen LogP contribution < -0.4 is 15.4 Å². The topological polar surface area (TPSA) is 48.9 Å². The van der Waals surface area contributed by atoms with Crippen LogP contribution in [0.15, 0.2) is 41.4 Å². The number of guanidine groups is 1. The molecule has 28 heavy (non-hydrogen) atoms. The van der Waals surface area contributed by atoms with Crippen molar-refractivity contribution in [1.82, 2.24) is 15.5 Å². The second-order valence-electron chi connectivity index (χ2n) is 7.94. The molecule has 0 bridgehead atoms. The molecule has 1 aromatic rings. The van der Waals surface area contributed by atoms with Crippen LogP contribution in [0.4, 0.5) is 0 Å². The number of rotatable bonds is 8. The fraction of sp³-hybridized carbons (Fsp3) is 0.591. The van der Waals surface area contributed by atoms with Gasteiger partial charge in [0.25, 0.3) is 0 Å². The van der Waals surface area contributed by atoms with Crippen LogP contribution in [0.1, 0.15) is 38.2 Å². The molecule has 0 aromatic heterocycles. The monoisotopic (exact) mass is 498 g/mol. The summed E-state index contributed by atoms with van der Waals surface area (Å²) in [4.78, 5) is 6.88. The van der Waals surface area contributed by atoms with Crippen molar-refractivity contribution in [2.75, 3.05) is 33.3 Å². The van der Waals surface area contributed by atoms with E-state index in [0.29, 0.717) is 6.04 Å². The molecule has 1 heterocycles. The summed E-state index contributed by atoms with van der Waals surface area (Å²) in [5.74, 6) is 2.61. The van der Waals surface area contributed by atoms with Crippen LogP contribution in [-0.4, -0.2) is 50.2 Å². The molecule has 1 aromatic carbocycles. The van der Waals surface area contributed by atoms with Gasteiger partial charge in [0.05, 0.1) is 6.61 Å². The summed E-state index contributed by atoms with van der Waals surface area (Å²) < 4.78 is 6.01. The molecule has 2 N–H and O–H groups in total. The van der Waals surface area contributed by atoms with E-state index in [-0.39, 0.29) is 24.0 Å². The molecule has 156 valence electrons. The maximum atomic E-state index is 6.01. The molecule has 0 amide bonds. The summed E-state index contributed by atoms with van der Waals surface area (Å²) >= 11 is 0. The highest BCUT2D eigenvalue weighted by Gasteiger charge is 2.22. The number of aliphatic imine (C=N–C) groups is 1. The van der Waals surface area contributed by atoms with Crippen molar-refractivity contribution in [3.63, 3.8) is 0 Å². The Morgan fingerprint density at radius 3 is 2.57 bits per heavy atom. The Kier molecular flexibility index (Phi) is 9.58. The van der Waals surface area contributed by atoms with Gasteiger partial charge in [0.15, 0.2) is 5.96 Å². The zero-order valence-corrected chi connectivity index (χ0v) is 19.6. The Balaban J connectivity index is 0.00000280. The van der Waals surface area contributed by atoms with E-state index in [4.69, 9.17) is 4.74 Å². The van der Waals surface area contributed by atoms with E-state index in [9.17, 15) is 0 Å². The molecule has 0 atom stereocenters. The van der Waals surface area contributed by atoms with E-state index in [0.717, 1.165) is 63.3 Å². The summed E-state index contributed by atoms with van der Waals surface area (Å²) in [6.07, 6.45) is 4.88. The minimum atomic E-state index is 0. The maximum Gasteiger partial charge on any atom is 0.191 e. The van der Waals surface area contributed by atoms with Gasteiger partial charge in [0.1, 0.15) is 5.75 Å². The van der Waals surface area contributed by atoms with Crippen molar-refractivity contribution in [3.8, 4) is 5.75 Å². The zero-order valence-electron chi connectivity index (χ0n) is 17.2. The van der Waals surface area contributed by atoms with E-state index in [1.165, 1.54) is 24.0 Å². The smallest absolute Gasteiger partial charge is 0.191 e. The summed E-state index contributed by atoms with van der Waals surface area (Å²) in [5, 5.41) is 7.03. The van der Waals surface area contributed by atoms with Gasteiger partial charge in [-0.3, -0.25) is 9.89 Å². The summed E-state index contributed by atoms with van der Waals surface area (Å²) in [7, 11) is 1.83. The van der Waals surface area contributed by atoms with Crippen molar-refractivity contribution < 1.29 is 4.74 Å². The van der Waals surface area contributed by atoms with Gasteiger partial charge in [-0.1, -0.05) is 30.4 Å². The maximum absolute atomic E-state index is 6.01. The molecule has 0 spiro atoms. The Hall–Kier alpha value is -1.28. The van der Waals surface area contributed by atoms with Gasteiger partial charge >= 0.3 is 0 Å². The molecule has 1 aliphatic carbocycles. The third kappa shape index (κ3) is 7.62. The zero-order chi connectivity index (χ0) is 19.1. The fourth-order valence-electron chi connectivity index (χ4n) is 3.47. The second-order valence-corrected chi connectivity index (χ2v) is 7.94. The van der Waals surface area contributed by atoms with Crippen molar-refractivity contribution >= 4 is 29.9 Å². The number of likely N-dealkylation sites (tertiary alicyclic amines) is 1. The fourth-order valence-corrected chi connectivity index (χ4v) is 3.47. The van der Waals surface area contributed by atoms with Gasteiger partial charge < -0.3 is 15.4 Å². The number of nitrogens with one attached hydrogen (secondary N) is 2. The minimum absolute atomic E-state index is 0. The predicted octanol–water partition coefficient (Wildman–Crippen LogP) is 3.80. The van der Waals surface area contributed by atoms with Crippen LogP contribution in [0, 0.1) is 5.92 Å². The van der Waals surface area contributed by atoms with Crippen LogP contribution in [0.25, 0.3) is 0 Å². The van der Waals surface area contributed by atoms with E-state index >= 15 is 0 Å². The lowest BCUT2D eigenvalue weighted by Crippen LogP contribution is -2.48. The number of para-hydroxylation sites is 1. The van der Waals surface area contributed by atoms with Crippen LogP contribution in [0.3, 0.4) is 0 Å². The standard InChI is InChI=1S/C22H34N4O.HI/c1-17(2)15-26-12-10-20(11-13-26)25-22(23-3)24-14-19-6-4-5-7-21(19)27-16-18-8-9-18;/h4-7,18,20H,1,8-16H2,2-3H3,(H2,23,24,25);1H. The first-order valence-electron chi connectivity index (χ1n) is 10.2. The van der Waals surface area contributed by atoms with Gasteiger partial charge in [0.2, 0.25) is 0 Å². The first-order chi connectivity index (χ1) is 13.1. The third-order valence-corrected chi connectivity index (χ3v) is 5.24. The van der Waals surface area contributed by atoms with E-state index in [1.54, 1.807) is 0 Å². The Morgan fingerprint density at radius 1 is 1.21 bits per heavy atom. The molecule has 1 saturated carbocycles. The van der Waals surface area contributed by atoms with Crippen LogP contribution in [0.2, 0.25) is 0 Å². The second kappa shape index (κ2) is 11.7. The molecule has 6 heteroatoms. The molecular weight excluding hydrogens is 463 g/mol. The molecule has 1 saturated heterocycles. The molecule has 2 aliphatic rings. The van der Waals surface area contributed by atoms with Crippen molar-refractivity contribution in [2.45, 2.75) is 45.2 Å². The van der Waals surface area contributed by atoms with E-state index in [1.807, 2.05) is 13.1 Å². The Morgan fingerprint density at radius 2 is 1.93 bits per heavy atom. The summed E-state index contributed by atoms with van der Waals surface area (Å²) in [6.45, 7) is 10.9. The number of nitrogens with zero attached hydrogens (tertiary/aromatic N) is 2. The van der Waals surface area contributed by atoms with Gasteiger partial charge in [-0.2, -0.15) is 0 Å². The summed E-state index contributed by atoms with van der Waals surface area (Å²) in [6, 6.07) is 8.76. The lowest BCUT2D eigenvalue weighted by molar-refractivity contribution is 0.221. The molecule has 0 radical (unpaired) electrons. The normalized spacial score (nSPS) is 18.3. The van der Waals surface area contributed by atoms with Gasteiger partial charge in [-0.25, -0.2) is 0 Å². The van der Waals surface area contributed by atoms with E-state index < -0.39 is 0 Å². The SMILES string of the molecule is C=C(C)CN1CCC(NC(=NC)NCc2ccccc2OCC2CC2)CC1.I. The van der Waals surface area contributed by atoms with Gasteiger partial charge in [0, 0.05) is 44.8 Å². The number of benzene rings is 1. The average Bonchev–Trinajstić information content (AvgIpc) is 3.49. The van der Waals surface area contributed by atoms with Crippen LogP contribution in [-0.2, 0) is 6.54 Å². The first kappa shape index (κ1) is 23.0.